The van der Waals surface area contributed by atoms with Gasteiger partial charge in [0.1, 0.15) is 6.61 Å². The second-order valence-electron chi connectivity index (χ2n) is 6.64. The fourth-order valence-electron chi connectivity index (χ4n) is 2.89. The number of hydrogen-bond acceptors (Lipinski definition) is 6. The Kier molecular flexibility index (Phi) is 6.08. The summed E-state index contributed by atoms with van der Waals surface area (Å²) in [6, 6.07) is 12.4. The van der Waals surface area contributed by atoms with Gasteiger partial charge < -0.3 is 19.4 Å². The number of nitrogens with zero attached hydrogens (tertiary/aromatic N) is 3. The highest BCUT2D eigenvalue weighted by atomic mass is 35.5. The van der Waals surface area contributed by atoms with Crippen LogP contribution in [0, 0.1) is 0 Å². The van der Waals surface area contributed by atoms with Crippen LogP contribution in [0.4, 0.5) is 5.69 Å². The molecule has 1 aromatic heterocycles. The van der Waals surface area contributed by atoms with Crippen molar-refractivity contribution in [2.24, 2.45) is 7.05 Å². The molecule has 2 unspecified atom stereocenters. The van der Waals surface area contributed by atoms with Crippen LogP contribution in [0.5, 0.6) is 11.5 Å². The third-order valence-corrected chi connectivity index (χ3v) is 6.19. The van der Waals surface area contributed by atoms with Crippen LogP contribution in [0.15, 0.2) is 47.6 Å². The number of hydrogen-bond donors (Lipinski definition) is 1. The van der Waals surface area contributed by atoms with Gasteiger partial charge in [-0.25, -0.2) is 0 Å². The van der Waals surface area contributed by atoms with E-state index in [0.29, 0.717) is 44.8 Å². The minimum atomic E-state index is -0.434. The molecule has 30 heavy (non-hydrogen) atoms. The number of thioether (sulfide) groups is 1. The van der Waals surface area contributed by atoms with Gasteiger partial charge in [-0.2, -0.15) is 0 Å². The van der Waals surface area contributed by atoms with Gasteiger partial charge in [0.2, 0.25) is 5.91 Å². The molecule has 7 nitrogen and oxygen atoms in total. The molecule has 2 atom stereocenters. The first-order valence-corrected chi connectivity index (χ1v) is 10.8. The average Bonchev–Trinajstić information content (AvgIpc) is 3.09. The quantitative estimate of drug-likeness (QED) is 0.548. The highest BCUT2D eigenvalue weighted by molar-refractivity contribution is 8.00. The fraction of sp³-hybridized carbons (Fsp3) is 0.250. The molecule has 2 aromatic carbocycles. The van der Waals surface area contributed by atoms with Crippen LogP contribution in [0.3, 0.4) is 0 Å². The molecule has 2 heterocycles. The van der Waals surface area contributed by atoms with Crippen LogP contribution in [-0.2, 0) is 11.8 Å². The van der Waals surface area contributed by atoms with Crippen LogP contribution < -0.4 is 14.8 Å². The van der Waals surface area contributed by atoms with E-state index < -0.39 is 5.25 Å². The standard InChI is InChI=1S/C20H18Cl2N4O3S/c1-11(19(27)23-14-8-7-12(21)9-13(14)22)30-20-25-24-18(26(20)2)17-10-28-15-5-3-4-6-16(15)29-17/h3-9,11,17H,10H2,1-2H3,(H,23,27). The number of rotatable bonds is 5. The highest BCUT2D eigenvalue weighted by Crippen LogP contribution is 2.36. The third kappa shape index (κ3) is 4.35. The molecule has 0 saturated carbocycles. The number of anilines is 1. The van der Waals surface area contributed by atoms with Crippen molar-refractivity contribution < 1.29 is 14.3 Å². The van der Waals surface area contributed by atoms with Crippen LogP contribution >= 0.6 is 35.0 Å². The van der Waals surface area contributed by atoms with Crippen LogP contribution in [0.1, 0.15) is 18.9 Å². The van der Waals surface area contributed by atoms with Crippen molar-refractivity contribution in [2.75, 3.05) is 11.9 Å². The minimum Gasteiger partial charge on any atom is -0.485 e. The Labute approximate surface area is 187 Å². The second-order valence-corrected chi connectivity index (χ2v) is 8.79. The summed E-state index contributed by atoms with van der Waals surface area (Å²) in [6.07, 6.45) is -0.385. The molecule has 0 radical (unpaired) electrons. The van der Waals surface area contributed by atoms with Gasteiger partial charge >= 0.3 is 0 Å². The van der Waals surface area contributed by atoms with E-state index in [0.717, 1.165) is 0 Å². The van der Waals surface area contributed by atoms with Gasteiger partial charge in [-0.15, -0.1) is 10.2 Å². The topological polar surface area (TPSA) is 78.3 Å². The van der Waals surface area contributed by atoms with Crippen molar-refractivity contribution >= 4 is 46.6 Å². The van der Waals surface area contributed by atoms with E-state index >= 15 is 0 Å². The lowest BCUT2D eigenvalue weighted by Gasteiger charge is -2.25. The second kappa shape index (κ2) is 8.75. The van der Waals surface area contributed by atoms with Crippen molar-refractivity contribution in [1.82, 2.24) is 14.8 Å². The van der Waals surface area contributed by atoms with E-state index in [9.17, 15) is 4.79 Å². The van der Waals surface area contributed by atoms with Gasteiger partial charge in [-0.05, 0) is 37.3 Å². The number of carbonyl (C=O) groups excluding carboxylic acids is 1. The SMILES string of the molecule is CC(Sc1nnc(C2COc3ccccc3O2)n1C)C(=O)Nc1ccc(Cl)cc1Cl. The van der Waals surface area contributed by atoms with E-state index in [1.54, 1.807) is 25.1 Å². The van der Waals surface area contributed by atoms with E-state index in [-0.39, 0.29) is 12.0 Å². The number of benzene rings is 2. The average molecular weight is 465 g/mol. The smallest absolute Gasteiger partial charge is 0.237 e. The van der Waals surface area contributed by atoms with E-state index in [4.69, 9.17) is 32.7 Å². The molecule has 0 fully saturated rings. The number of ether oxygens (including phenoxy) is 2. The summed E-state index contributed by atoms with van der Waals surface area (Å²) in [5.41, 5.74) is 0.503. The number of aromatic nitrogens is 3. The Morgan fingerprint density at radius 1 is 1.23 bits per heavy atom. The molecule has 0 saturated heterocycles. The molecule has 1 aliphatic heterocycles. The highest BCUT2D eigenvalue weighted by Gasteiger charge is 2.28. The lowest BCUT2D eigenvalue weighted by molar-refractivity contribution is -0.115. The zero-order chi connectivity index (χ0) is 21.3. The Balaban J connectivity index is 1.43. The molecule has 0 spiro atoms. The van der Waals surface area contributed by atoms with Crippen molar-refractivity contribution in [3.63, 3.8) is 0 Å². The lowest BCUT2D eigenvalue weighted by Crippen LogP contribution is -2.25. The van der Waals surface area contributed by atoms with Gasteiger partial charge in [0.15, 0.2) is 28.6 Å². The molecule has 1 N–H and O–H groups in total. The van der Waals surface area contributed by atoms with Crippen molar-refractivity contribution in [1.29, 1.82) is 0 Å². The normalized spacial score (nSPS) is 16.2. The number of halogens is 2. The predicted molar refractivity (Wildman–Crippen MR) is 117 cm³/mol. The van der Waals surface area contributed by atoms with Gasteiger partial charge in [0.05, 0.1) is 16.0 Å². The maximum atomic E-state index is 12.6. The zero-order valence-electron chi connectivity index (χ0n) is 16.1. The van der Waals surface area contributed by atoms with Gasteiger partial charge in [-0.3, -0.25) is 4.79 Å². The van der Waals surface area contributed by atoms with Crippen LogP contribution in [-0.4, -0.2) is 32.5 Å². The molecule has 3 aromatic rings. The molecular formula is C20H18Cl2N4O3S. The molecule has 0 bridgehead atoms. The summed E-state index contributed by atoms with van der Waals surface area (Å²) in [5, 5.41) is 12.3. The molecule has 0 aliphatic carbocycles. The van der Waals surface area contributed by atoms with Crippen molar-refractivity contribution in [3.8, 4) is 11.5 Å². The summed E-state index contributed by atoms with van der Waals surface area (Å²) in [7, 11) is 1.84. The minimum absolute atomic E-state index is 0.208. The number of para-hydroxylation sites is 2. The Bertz CT molecular complexity index is 1090. The summed E-state index contributed by atoms with van der Waals surface area (Å²) < 4.78 is 13.6. The van der Waals surface area contributed by atoms with Gasteiger partial charge in [0, 0.05) is 12.1 Å². The maximum absolute atomic E-state index is 12.6. The Morgan fingerprint density at radius 3 is 2.77 bits per heavy atom. The monoisotopic (exact) mass is 464 g/mol. The lowest BCUT2D eigenvalue weighted by atomic mass is 10.2. The maximum Gasteiger partial charge on any atom is 0.237 e. The van der Waals surface area contributed by atoms with Crippen molar-refractivity contribution in [2.45, 2.75) is 23.4 Å². The number of nitrogens with one attached hydrogen (secondary N) is 1. The Morgan fingerprint density at radius 2 is 2.00 bits per heavy atom. The summed E-state index contributed by atoms with van der Waals surface area (Å²) in [4.78, 5) is 12.6. The first kappa shape index (κ1) is 20.8. The Hall–Kier alpha value is -2.42. The summed E-state index contributed by atoms with van der Waals surface area (Å²) in [6.45, 7) is 2.12. The van der Waals surface area contributed by atoms with Crippen LogP contribution in [0.25, 0.3) is 0 Å². The third-order valence-electron chi connectivity index (χ3n) is 4.51. The number of fused-ring (bicyclic) bond motifs is 1. The summed E-state index contributed by atoms with van der Waals surface area (Å²) in [5.74, 6) is 1.79. The van der Waals surface area contributed by atoms with Crippen LogP contribution in [0.2, 0.25) is 10.0 Å². The van der Waals surface area contributed by atoms with E-state index in [2.05, 4.69) is 15.5 Å². The van der Waals surface area contributed by atoms with Gasteiger partial charge in [0.25, 0.3) is 0 Å². The molecule has 4 rings (SSSR count). The number of carbonyl (C=O) groups is 1. The zero-order valence-corrected chi connectivity index (χ0v) is 18.5. The fourth-order valence-corrected chi connectivity index (χ4v) is 4.17. The number of amides is 1. The molecule has 156 valence electrons. The predicted octanol–water partition coefficient (Wildman–Crippen LogP) is 4.75. The molecular weight excluding hydrogens is 447 g/mol. The first-order chi connectivity index (χ1) is 14.4. The van der Waals surface area contributed by atoms with E-state index in [1.807, 2.05) is 35.9 Å². The van der Waals surface area contributed by atoms with Gasteiger partial charge in [-0.1, -0.05) is 47.1 Å². The molecule has 1 aliphatic rings. The van der Waals surface area contributed by atoms with E-state index in [1.165, 1.54) is 11.8 Å². The largest absolute Gasteiger partial charge is 0.485 e. The first-order valence-electron chi connectivity index (χ1n) is 9.12. The molecule has 10 heteroatoms. The summed E-state index contributed by atoms with van der Waals surface area (Å²) >= 11 is 13.3. The van der Waals surface area contributed by atoms with Crippen molar-refractivity contribution in [3.05, 3.63) is 58.3 Å². The molecule has 1 amide bonds.